The van der Waals surface area contributed by atoms with E-state index < -0.39 is 0 Å². The van der Waals surface area contributed by atoms with Crippen LogP contribution in [0.3, 0.4) is 0 Å². The lowest BCUT2D eigenvalue weighted by atomic mass is 10.00. The van der Waals surface area contributed by atoms with Crippen LogP contribution < -0.4 is 15.1 Å². The van der Waals surface area contributed by atoms with Gasteiger partial charge in [-0.25, -0.2) is 15.0 Å². The first-order valence-corrected chi connectivity index (χ1v) is 9.69. The number of rotatable bonds is 4. The molecule has 6 nitrogen and oxygen atoms in total. The lowest BCUT2D eigenvalue weighted by Gasteiger charge is -2.37. The second-order valence-corrected chi connectivity index (χ2v) is 7.43. The third kappa shape index (κ3) is 3.67. The summed E-state index contributed by atoms with van der Waals surface area (Å²) in [5.41, 5.74) is 0. The van der Waals surface area contributed by atoms with E-state index in [1.807, 2.05) is 24.7 Å². The number of piperidine rings is 2. The van der Waals surface area contributed by atoms with Crippen LogP contribution in [0.1, 0.15) is 25.7 Å². The van der Waals surface area contributed by atoms with Gasteiger partial charge in [0.05, 0.1) is 0 Å². The minimum absolute atomic E-state index is 0.626. The Morgan fingerprint density at radius 3 is 2.04 bits per heavy atom. The molecule has 2 aromatic heterocycles. The number of thiazole rings is 1. The Labute approximate surface area is 146 Å². The molecule has 1 N–H and O–H groups in total. The Morgan fingerprint density at radius 1 is 0.833 bits per heavy atom. The molecule has 0 atom stereocenters. The third-order valence-corrected chi connectivity index (χ3v) is 5.82. The highest BCUT2D eigenvalue weighted by Crippen LogP contribution is 2.23. The van der Waals surface area contributed by atoms with Gasteiger partial charge in [0, 0.05) is 62.2 Å². The first-order chi connectivity index (χ1) is 11.9. The molecule has 0 amide bonds. The van der Waals surface area contributed by atoms with E-state index in [2.05, 4.69) is 35.4 Å². The Kier molecular flexibility index (Phi) is 4.89. The number of nitrogens with one attached hydrogen (secondary N) is 1. The van der Waals surface area contributed by atoms with Crippen LogP contribution in [0.15, 0.2) is 30.0 Å². The van der Waals surface area contributed by atoms with Crippen LogP contribution in [0, 0.1) is 0 Å². The number of anilines is 2. The van der Waals surface area contributed by atoms with Gasteiger partial charge in [-0.15, -0.1) is 11.3 Å². The summed E-state index contributed by atoms with van der Waals surface area (Å²) in [4.78, 5) is 17.9. The van der Waals surface area contributed by atoms with Crippen molar-refractivity contribution < 1.29 is 0 Å². The highest BCUT2D eigenvalue weighted by Gasteiger charge is 2.26. The van der Waals surface area contributed by atoms with Gasteiger partial charge in [0.2, 0.25) is 5.95 Å². The largest absolute Gasteiger partial charge is 0.348 e. The minimum atomic E-state index is 0.626. The van der Waals surface area contributed by atoms with Crippen LogP contribution in [-0.2, 0) is 0 Å². The third-order valence-electron chi connectivity index (χ3n) is 4.99. The summed E-state index contributed by atoms with van der Waals surface area (Å²) in [6, 6.07) is 3.14. The van der Waals surface area contributed by atoms with Crippen LogP contribution >= 0.6 is 11.3 Å². The number of hydrogen-bond acceptors (Lipinski definition) is 7. The summed E-state index contributed by atoms with van der Waals surface area (Å²) < 4.78 is 0. The van der Waals surface area contributed by atoms with Gasteiger partial charge in [-0.1, -0.05) is 0 Å². The van der Waals surface area contributed by atoms with Crippen molar-refractivity contribution in [3.8, 4) is 0 Å². The zero-order chi connectivity index (χ0) is 16.2. The second-order valence-electron chi connectivity index (χ2n) is 6.55. The van der Waals surface area contributed by atoms with E-state index in [4.69, 9.17) is 0 Å². The highest BCUT2D eigenvalue weighted by molar-refractivity contribution is 7.13. The molecule has 7 heteroatoms. The smallest absolute Gasteiger partial charge is 0.225 e. The summed E-state index contributed by atoms with van der Waals surface area (Å²) in [5.74, 6) is 0.868. The van der Waals surface area contributed by atoms with Crippen molar-refractivity contribution in [1.82, 2.24) is 20.3 Å². The number of hydrogen-bond donors (Lipinski definition) is 1. The molecule has 2 fully saturated rings. The molecule has 4 heterocycles. The van der Waals surface area contributed by atoms with Crippen molar-refractivity contribution in [1.29, 1.82) is 0 Å². The SMILES string of the molecule is c1cnc(N2CCC(NC3CCN(c4nccs4)CC3)CC2)nc1. The molecule has 128 valence electrons. The average Bonchev–Trinajstić information content (AvgIpc) is 3.18. The molecule has 0 aliphatic carbocycles. The van der Waals surface area contributed by atoms with Crippen LogP contribution in [0.2, 0.25) is 0 Å². The Balaban J connectivity index is 1.22. The average molecular weight is 344 g/mol. The van der Waals surface area contributed by atoms with Crippen LogP contribution in [0.4, 0.5) is 11.1 Å². The zero-order valence-corrected chi connectivity index (χ0v) is 14.7. The van der Waals surface area contributed by atoms with Gasteiger partial charge in [0.25, 0.3) is 0 Å². The molecular weight excluding hydrogens is 320 g/mol. The van der Waals surface area contributed by atoms with Gasteiger partial charge < -0.3 is 15.1 Å². The summed E-state index contributed by atoms with van der Waals surface area (Å²) in [6.07, 6.45) is 10.3. The molecule has 4 rings (SSSR count). The molecule has 0 radical (unpaired) electrons. The fourth-order valence-corrected chi connectivity index (χ4v) is 4.34. The van der Waals surface area contributed by atoms with Crippen LogP contribution in [-0.4, -0.2) is 53.2 Å². The summed E-state index contributed by atoms with van der Waals surface area (Å²) in [7, 11) is 0. The topological polar surface area (TPSA) is 57.2 Å². The molecule has 2 aliphatic rings. The lowest BCUT2D eigenvalue weighted by Crippen LogP contribution is -2.50. The van der Waals surface area contributed by atoms with E-state index in [9.17, 15) is 0 Å². The zero-order valence-electron chi connectivity index (χ0n) is 13.8. The Bertz CT molecular complexity index is 603. The van der Waals surface area contributed by atoms with Gasteiger partial charge in [0.15, 0.2) is 5.13 Å². The highest BCUT2D eigenvalue weighted by atomic mass is 32.1. The van der Waals surface area contributed by atoms with Gasteiger partial charge in [-0.05, 0) is 31.7 Å². The monoisotopic (exact) mass is 344 g/mol. The molecule has 2 aromatic rings. The molecule has 0 bridgehead atoms. The van der Waals surface area contributed by atoms with Gasteiger partial charge >= 0.3 is 0 Å². The van der Waals surface area contributed by atoms with Crippen molar-refractivity contribution in [2.24, 2.45) is 0 Å². The van der Waals surface area contributed by atoms with Gasteiger partial charge in [-0.3, -0.25) is 0 Å². The van der Waals surface area contributed by atoms with E-state index in [0.29, 0.717) is 12.1 Å². The Morgan fingerprint density at radius 2 is 1.46 bits per heavy atom. The maximum absolute atomic E-state index is 4.42. The van der Waals surface area contributed by atoms with Crippen molar-refractivity contribution >= 4 is 22.4 Å². The molecule has 2 saturated heterocycles. The van der Waals surface area contributed by atoms with Crippen molar-refractivity contribution in [2.45, 2.75) is 37.8 Å². The minimum Gasteiger partial charge on any atom is -0.348 e. The maximum atomic E-state index is 4.42. The standard InChI is InChI=1S/C17H24N6S/c1-6-18-16(19-7-1)22-9-2-14(3-10-22)21-15-4-11-23(12-5-15)17-20-8-13-24-17/h1,6-8,13-15,21H,2-5,9-12H2. The Hall–Kier alpha value is -1.73. The van der Waals surface area contributed by atoms with E-state index in [-0.39, 0.29) is 0 Å². The van der Waals surface area contributed by atoms with E-state index in [0.717, 1.165) is 32.1 Å². The van der Waals surface area contributed by atoms with E-state index >= 15 is 0 Å². The van der Waals surface area contributed by atoms with E-state index in [1.165, 1.54) is 30.8 Å². The molecule has 0 spiro atoms. The molecule has 0 unspecified atom stereocenters. The molecule has 0 aromatic carbocycles. The normalized spacial score (nSPS) is 20.5. The van der Waals surface area contributed by atoms with E-state index in [1.54, 1.807) is 11.3 Å². The fraction of sp³-hybridized carbons (Fsp3) is 0.588. The summed E-state index contributed by atoms with van der Waals surface area (Å²) in [5, 5.41) is 7.11. The number of aromatic nitrogens is 3. The van der Waals surface area contributed by atoms with Crippen molar-refractivity contribution in [3.63, 3.8) is 0 Å². The summed E-state index contributed by atoms with van der Waals surface area (Å²) >= 11 is 1.74. The number of nitrogens with zero attached hydrogens (tertiary/aromatic N) is 5. The van der Waals surface area contributed by atoms with Gasteiger partial charge in [0.1, 0.15) is 0 Å². The van der Waals surface area contributed by atoms with Crippen molar-refractivity contribution in [2.75, 3.05) is 36.0 Å². The van der Waals surface area contributed by atoms with Crippen LogP contribution in [0.25, 0.3) is 0 Å². The van der Waals surface area contributed by atoms with Crippen LogP contribution in [0.5, 0.6) is 0 Å². The van der Waals surface area contributed by atoms with Crippen molar-refractivity contribution in [3.05, 3.63) is 30.0 Å². The second kappa shape index (κ2) is 7.44. The molecular formula is C17H24N6S. The maximum Gasteiger partial charge on any atom is 0.225 e. The molecule has 2 aliphatic heterocycles. The van der Waals surface area contributed by atoms with Gasteiger partial charge in [-0.2, -0.15) is 0 Å². The molecule has 0 saturated carbocycles. The summed E-state index contributed by atoms with van der Waals surface area (Å²) in [6.45, 7) is 4.31. The predicted molar refractivity (Wildman–Crippen MR) is 97.8 cm³/mol. The fourth-order valence-electron chi connectivity index (χ4n) is 3.64. The predicted octanol–water partition coefficient (Wildman–Crippen LogP) is 2.16. The lowest BCUT2D eigenvalue weighted by molar-refractivity contribution is 0.327. The first kappa shape index (κ1) is 15.8. The quantitative estimate of drug-likeness (QED) is 0.917. The molecule has 24 heavy (non-hydrogen) atoms. The first-order valence-electron chi connectivity index (χ1n) is 8.81.